The second-order valence-electron chi connectivity index (χ2n) is 5.06. The minimum atomic E-state index is -0.300. The molecule has 3 rings (SSSR count). The van der Waals surface area contributed by atoms with E-state index >= 15 is 0 Å². The standard InChI is InChI=1S/C13H19BrN2O2S/c14-10-7-12(19-9-10)11(8-15)16-3-1-13(2-4-16)17-5-6-18-13/h7,9,11H,1-6,8,15H2. The number of nitrogens with two attached hydrogens (primary N) is 1. The van der Waals surface area contributed by atoms with Crippen LogP contribution in [0.1, 0.15) is 23.8 Å². The molecule has 2 aliphatic rings. The molecule has 4 nitrogen and oxygen atoms in total. The lowest BCUT2D eigenvalue weighted by molar-refractivity contribution is -0.187. The zero-order chi connectivity index (χ0) is 13.3. The third-order valence-corrected chi connectivity index (χ3v) is 5.75. The van der Waals surface area contributed by atoms with Gasteiger partial charge in [0.25, 0.3) is 0 Å². The highest BCUT2D eigenvalue weighted by Gasteiger charge is 2.41. The van der Waals surface area contributed by atoms with Crippen LogP contribution < -0.4 is 5.73 Å². The summed E-state index contributed by atoms with van der Waals surface area (Å²) in [5, 5.41) is 2.12. The fraction of sp³-hybridized carbons (Fsp3) is 0.692. The second-order valence-corrected chi connectivity index (χ2v) is 6.92. The summed E-state index contributed by atoms with van der Waals surface area (Å²) in [6.45, 7) is 4.09. The zero-order valence-electron chi connectivity index (χ0n) is 10.8. The molecule has 2 aliphatic heterocycles. The van der Waals surface area contributed by atoms with Crippen molar-refractivity contribution in [3.8, 4) is 0 Å². The quantitative estimate of drug-likeness (QED) is 0.912. The van der Waals surface area contributed by atoms with Gasteiger partial charge in [0.15, 0.2) is 5.79 Å². The summed E-state index contributed by atoms with van der Waals surface area (Å²) >= 11 is 5.28. The predicted octanol–water partition coefficient (Wildman–Crippen LogP) is 2.35. The molecule has 0 aliphatic carbocycles. The van der Waals surface area contributed by atoms with Gasteiger partial charge < -0.3 is 15.2 Å². The molecule has 1 unspecified atom stereocenters. The summed E-state index contributed by atoms with van der Waals surface area (Å²) in [5.74, 6) is -0.300. The maximum Gasteiger partial charge on any atom is 0.170 e. The van der Waals surface area contributed by atoms with Crippen molar-refractivity contribution in [2.24, 2.45) is 5.73 Å². The molecular formula is C13H19BrN2O2S. The van der Waals surface area contributed by atoms with Crippen LogP contribution in [0.3, 0.4) is 0 Å². The van der Waals surface area contributed by atoms with Crippen LogP contribution in [-0.4, -0.2) is 43.5 Å². The monoisotopic (exact) mass is 346 g/mol. The number of nitrogens with zero attached hydrogens (tertiary/aromatic N) is 1. The number of hydrogen-bond donors (Lipinski definition) is 1. The minimum Gasteiger partial charge on any atom is -0.347 e. The first-order valence-corrected chi connectivity index (χ1v) is 8.36. The Labute approximate surface area is 126 Å². The van der Waals surface area contributed by atoms with Crippen molar-refractivity contribution in [2.75, 3.05) is 32.8 Å². The Morgan fingerprint density at radius 3 is 2.58 bits per heavy atom. The van der Waals surface area contributed by atoms with Gasteiger partial charge in [-0.1, -0.05) is 0 Å². The molecular weight excluding hydrogens is 328 g/mol. The van der Waals surface area contributed by atoms with Gasteiger partial charge >= 0.3 is 0 Å². The van der Waals surface area contributed by atoms with E-state index in [0.29, 0.717) is 12.6 Å². The van der Waals surface area contributed by atoms with Gasteiger partial charge in [0.1, 0.15) is 0 Å². The Morgan fingerprint density at radius 1 is 1.37 bits per heavy atom. The SMILES string of the molecule is NCC(c1cc(Br)cs1)N1CCC2(CC1)OCCO2. The molecule has 1 spiro atoms. The minimum absolute atomic E-state index is 0.300. The van der Waals surface area contributed by atoms with Gasteiger partial charge in [-0.2, -0.15) is 0 Å². The van der Waals surface area contributed by atoms with Gasteiger partial charge in [0.05, 0.1) is 19.3 Å². The summed E-state index contributed by atoms with van der Waals surface area (Å²) in [4.78, 5) is 3.78. The molecule has 1 aromatic heterocycles. The lowest BCUT2D eigenvalue weighted by atomic mass is 10.0. The highest BCUT2D eigenvalue weighted by Crippen LogP contribution is 2.36. The largest absolute Gasteiger partial charge is 0.347 e. The molecule has 1 atom stereocenters. The summed E-state index contributed by atoms with van der Waals surface area (Å²) in [6, 6.07) is 2.49. The van der Waals surface area contributed by atoms with Crippen molar-refractivity contribution in [3.63, 3.8) is 0 Å². The fourth-order valence-electron chi connectivity index (χ4n) is 2.91. The van der Waals surface area contributed by atoms with Crippen molar-refractivity contribution in [2.45, 2.75) is 24.7 Å². The van der Waals surface area contributed by atoms with E-state index in [9.17, 15) is 0 Å². The maximum atomic E-state index is 5.98. The Balaban J connectivity index is 1.66. The molecule has 6 heteroatoms. The number of hydrogen-bond acceptors (Lipinski definition) is 5. The van der Waals surface area contributed by atoms with E-state index in [0.717, 1.165) is 43.6 Å². The van der Waals surface area contributed by atoms with E-state index in [1.165, 1.54) is 4.88 Å². The van der Waals surface area contributed by atoms with Gasteiger partial charge in [-0.25, -0.2) is 0 Å². The average molecular weight is 347 g/mol. The van der Waals surface area contributed by atoms with Crippen LogP contribution in [0.2, 0.25) is 0 Å². The van der Waals surface area contributed by atoms with Crippen molar-refractivity contribution < 1.29 is 9.47 Å². The molecule has 0 radical (unpaired) electrons. The molecule has 106 valence electrons. The van der Waals surface area contributed by atoms with Crippen LogP contribution in [0.25, 0.3) is 0 Å². The molecule has 0 aromatic carbocycles. The number of halogens is 1. The third kappa shape index (κ3) is 2.89. The molecule has 2 fully saturated rings. The van der Waals surface area contributed by atoms with Crippen molar-refractivity contribution in [1.82, 2.24) is 4.90 Å². The van der Waals surface area contributed by atoms with Crippen LogP contribution in [0.5, 0.6) is 0 Å². The molecule has 2 saturated heterocycles. The van der Waals surface area contributed by atoms with Gasteiger partial charge in [-0.05, 0) is 22.0 Å². The Kier molecular flexibility index (Phi) is 4.26. The van der Waals surface area contributed by atoms with Crippen LogP contribution >= 0.6 is 27.3 Å². The first-order valence-electron chi connectivity index (χ1n) is 6.68. The molecule has 1 aromatic rings. The highest BCUT2D eigenvalue weighted by atomic mass is 79.9. The second kappa shape index (κ2) is 5.79. The molecule has 19 heavy (non-hydrogen) atoms. The summed E-state index contributed by atoms with van der Waals surface area (Å²) in [6.07, 6.45) is 1.88. The number of rotatable bonds is 3. The molecule has 2 N–H and O–H groups in total. The van der Waals surface area contributed by atoms with E-state index < -0.39 is 0 Å². The van der Waals surface area contributed by atoms with Crippen LogP contribution in [0, 0.1) is 0 Å². The third-order valence-electron chi connectivity index (χ3n) is 3.95. The topological polar surface area (TPSA) is 47.7 Å². The molecule has 0 amide bonds. The van der Waals surface area contributed by atoms with Gasteiger partial charge in [-0.3, -0.25) is 4.90 Å². The summed E-state index contributed by atoms with van der Waals surface area (Å²) in [7, 11) is 0. The van der Waals surface area contributed by atoms with E-state index in [1.54, 1.807) is 11.3 Å². The lowest BCUT2D eigenvalue weighted by Crippen LogP contribution is -2.47. The van der Waals surface area contributed by atoms with Crippen molar-refractivity contribution >= 4 is 27.3 Å². The van der Waals surface area contributed by atoms with E-state index in [1.807, 2.05) is 0 Å². The van der Waals surface area contributed by atoms with E-state index in [4.69, 9.17) is 15.2 Å². The summed E-state index contributed by atoms with van der Waals surface area (Å²) < 4.78 is 12.7. The fourth-order valence-corrected chi connectivity index (χ4v) is 4.50. The first-order chi connectivity index (χ1) is 9.22. The van der Waals surface area contributed by atoms with E-state index in [2.05, 4.69) is 32.3 Å². The zero-order valence-corrected chi connectivity index (χ0v) is 13.2. The molecule has 0 saturated carbocycles. The maximum absolute atomic E-state index is 5.98. The smallest absolute Gasteiger partial charge is 0.170 e. The van der Waals surface area contributed by atoms with Crippen LogP contribution in [0.15, 0.2) is 15.9 Å². The Bertz CT molecular complexity index is 424. The molecule has 3 heterocycles. The van der Waals surface area contributed by atoms with Gasteiger partial charge in [0, 0.05) is 47.2 Å². The molecule has 0 bridgehead atoms. The Morgan fingerprint density at radius 2 is 2.05 bits per heavy atom. The van der Waals surface area contributed by atoms with Gasteiger partial charge in [0.2, 0.25) is 0 Å². The number of likely N-dealkylation sites (tertiary alicyclic amines) is 1. The predicted molar refractivity (Wildman–Crippen MR) is 79.3 cm³/mol. The lowest BCUT2D eigenvalue weighted by Gasteiger charge is -2.40. The number of thiophene rings is 1. The van der Waals surface area contributed by atoms with Crippen LogP contribution in [0.4, 0.5) is 0 Å². The first kappa shape index (κ1) is 14.0. The highest BCUT2D eigenvalue weighted by molar-refractivity contribution is 9.10. The van der Waals surface area contributed by atoms with Crippen molar-refractivity contribution in [1.29, 1.82) is 0 Å². The average Bonchev–Trinajstić information content (AvgIpc) is 3.03. The Hall–Kier alpha value is 0.0200. The van der Waals surface area contributed by atoms with E-state index in [-0.39, 0.29) is 5.79 Å². The normalized spacial score (nSPS) is 24.9. The van der Waals surface area contributed by atoms with Gasteiger partial charge in [-0.15, -0.1) is 11.3 Å². The van der Waals surface area contributed by atoms with Crippen molar-refractivity contribution in [3.05, 3.63) is 20.8 Å². The number of piperidine rings is 1. The summed E-state index contributed by atoms with van der Waals surface area (Å²) in [5.41, 5.74) is 5.98. The van der Waals surface area contributed by atoms with Crippen LogP contribution in [-0.2, 0) is 9.47 Å². The number of ether oxygens (including phenoxy) is 2.